The first-order chi connectivity index (χ1) is 8.19. The molecule has 0 saturated carbocycles. The van der Waals surface area contributed by atoms with Gasteiger partial charge in [-0.25, -0.2) is 14.0 Å². The van der Waals surface area contributed by atoms with Gasteiger partial charge in [-0.1, -0.05) is 0 Å². The Labute approximate surface area is 97.8 Å². The molecule has 0 aromatic heterocycles. The van der Waals surface area contributed by atoms with Crippen molar-refractivity contribution in [2.45, 2.75) is 12.8 Å². The molecule has 1 aliphatic heterocycles. The Morgan fingerprint density at radius 3 is 3.06 bits per heavy atom. The lowest BCUT2D eigenvalue weighted by Crippen LogP contribution is -2.15. The average molecular weight is 235 g/mol. The van der Waals surface area contributed by atoms with Gasteiger partial charge in [-0.15, -0.1) is 0 Å². The van der Waals surface area contributed by atoms with Crippen LogP contribution in [0.15, 0.2) is 6.07 Å². The molecule has 0 unspecified atom stereocenters. The minimum absolute atomic E-state index is 0.145. The van der Waals surface area contributed by atoms with Crippen LogP contribution in [0.2, 0.25) is 0 Å². The molecule has 0 spiro atoms. The molecule has 2 rings (SSSR count). The largest absolute Gasteiger partial charge is 0.504 e. The quantitative estimate of drug-likeness (QED) is 0.554. The summed E-state index contributed by atoms with van der Waals surface area (Å²) in [5, 5.41) is 0. The molecule has 1 aromatic rings. The first kappa shape index (κ1) is 11.4. The van der Waals surface area contributed by atoms with Gasteiger partial charge >= 0.3 is 5.97 Å². The van der Waals surface area contributed by atoms with E-state index in [1.807, 2.05) is 0 Å². The van der Waals surface area contributed by atoms with Gasteiger partial charge in [0.05, 0.1) is 25.9 Å². The third kappa shape index (κ3) is 1.82. The fraction of sp³-hybridized carbons (Fsp3) is 0.333. The average Bonchev–Trinajstić information content (AvgIpc) is 2.37. The van der Waals surface area contributed by atoms with Crippen molar-refractivity contribution in [2.24, 2.45) is 0 Å². The Kier molecular flexibility index (Phi) is 2.96. The van der Waals surface area contributed by atoms with E-state index in [2.05, 4.69) is 9.58 Å². The van der Waals surface area contributed by atoms with E-state index in [0.29, 0.717) is 18.6 Å². The normalized spacial score (nSPS) is 13.2. The number of carbonyl (C=O) groups excluding carboxylic acids is 1. The maximum atomic E-state index is 13.6. The minimum Gasteiger partial charge on any atom is -0.504 e. The van der Waals surface area contributed by atoms with Crippen LogP contribution in [0.25, 0.3) is 4.85 Å². The summed E-state index contributed by atoms with van der Waals surface area (Å²) in [5.41, 5.74) is 0.551. The van der Waals surface area contributed by atoms with Crippen molar-refractivity contribution < 1.29 is 18.7 Å². The predicted molar refractivity (Wildman–Crippen MR) is 57.8 cm³/mol. The summed E-state index contributed by atoms with van der Waals surface area (Å²) >= 11 is 0. The summed E-state index contributed by atoms with van der Waals surface area (Å²) in [6.45, 7) is 7.37. The van der Waals surface area contributed by atoms with Crippen LogP contribution >= 0.6 is 0 Å². The fourth-order valence-corrected chi connectivity index (χ4v) is 1.88. The highest BCUT2D eigenvalue weighted by atomic mass is 19.1. The van der Waals surface area contributed by atoms with Gasteiger partial charge in [0, 0.05) is 0 Å². The Hall–Kier alpha value is -2.09. The van der Waals surface area contributed by atoms with Gasteiger partial charge in [-0.05, 0) is 24.5 Å². The summed E-state index contributed by atoms with van der Waals surface area (Å²) in [4.78, 5) is 14.6. The Balaban J connectivity index is 2.67. The molecule has 0 saturated heterocycles. The second-order valence-corrected chi connectivity index (χ2v) is 3.62. The van der Waals surface area contributed by atoms with Gasteiger partial charge in [0.15, 0.2) is 0 Å². The number of methoxy groups -OCH3 is 1. The molecule has 0 amide bonds. The molecule has 1 aromatic carbocycles. The third-order valence-electron chi connectivity index (χ3n) is 2.65. The summed E-state index contributed by atoms with van der Waals surface area (Å²) in [6, 6.07) is 1.05. The Bertz CT molecular complexity index is 519. The van der Waals surface area contributed by atoms with Crippen LogP contribution in [0, 0.1) is 12.4 Å². The number of benzene rings is 1. The summed E-state index contributed by atoms with van der Waals surface area (Å²) in [6.07, 6.45) is 1.32. The van der Waals surface area contributed by atoms with Gasteiger partial charge in [0.2, 0.25) is 0 Å². The van der Waals surface area contributed by atoms with E-state index in [1.165, 1.54) is 7.11 Å². The van der Waals surface area contributed by atoms with Gasteiger partial charge in [0.1, 0.15) is 11.6 Å². The van der Waals surface area contributed by atoms with E-state index in [0.717, 1.165) is 12.5 Å². The number of nitrogens with zero attached hydrogens (tertiary/aromatic N) is 1. The second kappa shape index (κ2) is 4.42. The number of hydrogen-bond donors (Lipinski definition) is 0. The third-order valence-corrected chi connectivity index (χ3v) is 2.65. The van der Waals surface area contributed by atoms with Crippen molar-refractivity contribution in [3.05, 3.63) is 34.4 Å². The standard InChI is InChI=1S/C12H10FNO3/c1-14-10-9(13)6-8(12(15)16-2)7-4-3-5-17-11(7)10/h6H,3-5H2,2H3. The van der Waals surface area contributed by atoms with Gasteiger partial charge in [-0.3, -0.25) is 0 Å². The molecular formula is C12H10FNO3. The molecule has 4 nitrogen and oxygen atoms in total. The Morgan fingerprint density at radius 2 is 2.41 bits per heavy atom. The molecule has 88 valence electrons. The van der Waals surface area contributed by atoms with Crippen LogP contribution in [0.1, 0.15) is 22.3 Å². The molecule has 5 heteroatoms. The molecule has 1 heterocycles. The first-order valence-electron chi connectivity index (χ1n) is 5.13. The topological polar surface area (TPSA) is 39.9 Å². The summed E-state index contributed by atoms with van der Waals surface area (Å²) in [7, 11) is 1.24. The highest BCUT2D eigenvalue weighted by Gasteiger charge is 2.25. The zero-order valence-electron chi connectivity index (χ0n) is 9.25. The molecule has 1 aliphatic rings. The lowest BCUT2D eigenvalue weighted by atomic mass is 9.98. The van der Waals surface area contributed by atoms with Crippen molar-refractivity contribution in [1.29, 1.82) is 0 Å². The van der Waals surface area contributed by atoms with E-state index in [4.69, 9.17) is 11.3 Å². The number of esters is 1. The van der Waals surface area contributed by atoms with Crippen molar-refractivity contribution in [3.63, 3.8) is 0 Å². The van der Waals surface area contributed by atoms with Crippen molar-refractivity contribution in [1.82, 2.24) is 0 Å². The van der Waals surface area contributed by atoms with Crippen LogP contribution in [-0.4, -0.2) is 19.7 Å². The molecule has 0 fully saturated rings. The number of rotatable bonds is 1. The first-order valence-corrected chi connectivity index (χ1v) is 5.13. The van der Waals surface area contributed by atoms with Crippen molar-refractivity contribution in [2.75, 3.05) is 13.7 Å². The van der Waals surface area contributed by atoms with E-state index >= 15 is 0 Å². The van der Waals surface area contributed by atoms with Crippen LogP contribution in [-0.2, 0) is 11.2 Å². The zero-order chi connectivity index (χ0) is 12.4. The molecule has 17 heavy (non-hydrogen) atoms. The van der Waals surface area contributed by atoms with Crippen LogP contribution in [0.5, 0.6) is 5.75 Å². The SMILES string of the molecule is [C-]#[N+]c1c(F)cc(C(=O)OC)c2c1OCCC2. The molecule has 0 N–H and O–H groups in total. The van der Waals surface area contributed by atoms with Gasteiger partial charge in [-0.2, -0.15) is 0 Å². The highest BCUT2D eigenvalue weighted by molar-refractivity contribution is 5.93. The molecule has 0 bridgehead atoms. The number of ether oxygens (including phenoxy) is 2. The lowest BCUT2D eigenvalue weighted by molar-refractivity contribution is 0.0597. The molecular weight excluding hydrogens is 225 g/mol. The zero-order valence-corrected chi connectivity index (χ0v) is 9.25. The van der Waals surface area contributed by atoms with E-state index < -0.39 is 11.8 Å². The smallest absolute Gasteiger partial charge is 0.338 e. The predicted octanol–water partition coefficient (Wildman–Crippen LogP) is 2.49. The van der Waals surface area contributed by atoms with Crippen LogP contribution in [0.3, 0.4) is 0 Å². The monoisotopic (exact) mass is 235 g/mol. The lowest BCUT2D eigenvalue weighted by Gasteiger charge is -2.21. The van der Waals surface area contributed by atoms with Crippen LogP contribution < -0.4 is 4.74 Å². The van der Waals surface area contributed by atoms with Crippen molar-refractivity contribution >= 4 is 11.7 Å². The van der Waals surface area contributed by atoms with Gasteiger partial charge in [0.25, 0.3) is 5.69 Å². The highest BCUT2D eigenvalue weighted by Crippen LogP contribution is 2.39. The molecule has 0 radical (unpaired) electrons. The maximum Gasteiger partial charge on any atom is 0.338 e. The van der Waals surface area contributed by atoms with E-state index in [1.54, 1.807) is 0 Å². The van der Waals surface area contributed by atoms with E-state index in [9.17, 15) is 9.18 Å². The maximum absolute atomic E-state index is 13.6. The van der Waals surface area contributed by atoms with Crippen molar-refractivity contribution in [3.8, 4) is 5.75 Å². The molecule has 0 aliphatic carbocycles. The van der Waals surface area contributed by atoms with Crippen LogP contribution in [0.4, 0.5) is 10.1 Å². The van der Waals surface area contributed by atoms with E-state index in [-0.39, 0.29) is 17.0 Å². The summed E-state index contributed by atoms with van der Waals surface area (Å²) < 4.78 is 23.5. The second-order valence-electron chi connectivity index (χ2n) is 3.62. The number of hydrogen-bond acceptors (Lipinski definition) is 3. The number of carbonyl (C=O) groups is 1. The number of halogens is 1. The minimum atomic E-state index is -0.749. The number of fused-ring (bicyclic) bond motifs is 1. The Morgan fingerprint density at radius 1 is 1.65 bits per heavy atom. The fourth-order valence-electron chi connectivity index (χ4n) is 1.88. The van der Waals surface area contributed by atoms with Gasteiger partial charge < -0.3 is 9.47 Å². The summed E-state index contributed by atoms with van der Waals surface area (Å²) in [5.74, 6) is -1.17. The molecule has 0 atom stereocenters.